The van der Waals surface area contributed by atoms with Crippen LogP contribution in [0.15, 0.2) is 64.9 Å². The number of aromatic nitrogens is 1. The zero-order chi connectivity index (χ0) is 18.6. The molecule has 1 N–H and O–H groups in total. The molecule has 3 aromatic rings. The van der Waals surface area contributed by atoms with Crippen molar-refractivity contribution in [2.24, 2.45) is 0 Å². The van der Waals surface area contributed by atoms with Crippen LogP contribution in [0.25, 0.3) is 0 Å². The average molecular weight is 399 g/mol. The second-order valence-corrected chi connectivity index (χ2v) is 8.05. The first kappa shape index (κ1) is 17.8. The van der Waals surface area contributed by atoms with Crippen LogP contribution in [0.2, 0.25) is 0 Å². The third-order valence-electron chi connectivity index (χ3n) is 4.27. The highest BCUT2D eigenvalue weighted by atomic mass is 32.2. The zero-order valence-corrected chi connectivity index (χ0v) is 15.9. The van der Waals surface area contributed by atoms with Crippen LogP contribution in [-0.2, 0) is 11.3 Å². The number of rotatable bonds is 5. The van der Waals surface area contributed by atoms with Crippen LogP contribution in [0.5, 0.6) is 0 Å². The lowest BCUT2D eigenvalue weighted by atomic mass is 10.2. The van der Waals surface area contributed by atoms with E-state index in [0.29, 0.717) is 17.2 Å². The second-order valence-electron chi connectivity index (χ2n) is 5.99. The fourth-order valence-corrected chi connectivity index (χ4v) is 5.03. The molecule has 1 saturated heterocycles. The van der Waals surface area contributed by atoms with Gasteiger partial charge in [0.15, 0.2) is 0 Å². The molecule has 4 rings (SSSR count). The number of carbonyl (C=O) groups is 2. The molecule has 0 bridgehead atoms. The summed E-state index contributed by atoms with van der Waals surface area (Å²) in [5.74, 6) is 0.212. The summed E-state index contributed by atoms with van der Waals surface area (Å²) < 4.78 is 5.19. The van der Waals surface area contributed by atoms with E-state index in [-0.39, 0.29) is 17.2 Å². The lowest BCUT2D eigenvalue weighted by Gasteiger charge is -2.27. The molecule has 0 radical (unpaired) electrons. The Morgan fingerprint density at radius 2 is 2.19 bits per heavy atom. The first-order valence-corrected chi connectivity index (χ1v) is 10.3. The van der Waals surface area contributed by atoms with Crippen molar-refractivity contribution in [1.82, 2.24) is 15.2 Å². The summed E-state index contributed by atoms with van der Waals surface area (Å²) in [6, 6.07) is 10.5. The van der Waals surface area contributed by atoms with Crippen LogP contribution in [0.1, 0.15) is 26.3 Å². The molecule has 2 amide bonds. The van der Waals surface area contributed by atoms with Crippen molar-refractivity contribution in [1.29, 1.82) is 0 Å². The average Bonchev–Trinajstić information content (AvgIpc) is 3.47. The molecular formula is C19H17N3O3S2. The molecule has 0 spiro atoms. The van der Waals surface area contributed by atoms with Crippen molar-refractivity contribution in [2.75, 3.05) is 5.75 Å². The number of carbonyl (C=O) groups excluding carboxylic acids is 2. The van der Waals surface area contributed by atoms with Crippen LogP contribution in [0, 0.1) is 0 Å². The van der Waals surface area contributed by atoms with Crippen LogP contribution in [0.3, 0.4) is 0 Å². The van der Waals surface area contributed by atoms with Gasteiger partial charge in [0.05, 0.1) is 29.6 Å². The molecule has 1 fully saturated rings. The Kier molecular flexibility index (Phi) is 5.26. The highest BCUT2D eigenvalue weighted by Gasteiger charge is 2.43. The van der Waals surface area contributed by atoms with Crippen molar-refractivity contribution in [2.45, 2.75) is 18.0 Å². The Labute approximate surface area is 164 Å². The summed E-state index contributed by atoms with van der Waals surface area (Å²) in [4.78, 5) is 32.5. The summed E-state index contributed by atoms with van der Waals surface area (Å²) in [7, 11) is 0. The molecule has 8 heteroatoms. The van der Waals surface area contributed by atoms with Crippen molar-refractivity contribution in [3.8, 4) is 0 Å². The number of hydrogen-bond donors (Lipinski definition) is 1. The topological polar surface area (TPSA) is 75.4 Å². The van der Waals surface area contributed by atoms with Crippen molar-refractivity contribution in [3.63, 3.8) is 0 Å². The van der Waals surface area contributed by atoms with Crippen LogP contribution in [-0.4, -0.2) is 33.5 Å². The summed E-state index contributed by atoms with van der Waals surface area (Å²) in [5.41, 5.74) is 1.66. The second kappa shape index (κ2) is 7.98. The van der Waals surface area contributed by atoms with E-state index >= 15 is 0 Å². The van der Waals surface area contributed by atoms with Gasteiger partial charge in [-0.1, -0.05) is 12.1 Å². The molecule has 0 aromatic carbocycles. The monoisotopic (exact) mass is 399 g/mol. The molecule has 27 heavy (non-hydrogen) atoms. The summed E-state index contributed by atoms with van der Waals surface area (Å²) in [5, 5.41) is 4.52. The molecule has 138 valence electrons. The molecular weight excluding hydrogens is 382 g/mol. The zero-order valence-electron chi connectivity index (χ0n) is 14.3. The molecule has 0 aliphatic carbocycles. The molecule has 3 aromatic heterocycles. The van der Waals surface area contributed by atoms with Gasteiger partial charge in [0.25, 0.3) is 5.91 Å². The van der Waals surface area contributed by atoms with E-state index in [1.165, 1.54) is 11.3 Å². The Balaban J connectivity index is 1.54. The number of nitrogens with zero attached hydrogens (tertiary/aromatic N) is 2. The minimum Gasteiger partial charge on any atom is -0.472 e. The molecule has 0 saturated carbocycles. The number of thiophene rings is 1. The van der Waals surface area contributed by atoms with Gasteiger partial charge in [0, 0.05) is 17.5 Å². The van der Waals surface area contributed by atoms with Gasteiger partial charge in [-0.3, -0.25) is 14.6 Å². The van der Waals surface area contributed by atoms with E-state index in [2.05, 4.69) is 10.3 Å². The molecule has 6 nitrogen and oxygen atoms in total. The minimum atomic E-state index is -0.548. The van der Waals surface area contributed by atoms with Crippen molar-refractivity contribution < 1.29 is 14.0 Å². The number of nitrogens with one attached hydrogen (secondary N) is 1. The van der Waals surface area contributed by atoms with E-state index in [1.807, 2.05) is 35.7 Å². The molecule has 1 aliphatic heterocycles. The fourth-order valence-electron chi connectivity index (χ4n) is 2.95. The smallest absolute Gasteiger partial charge is 0.265 e. The van der Waals surface area contributed by atoms with Crippen molar-refractivity contribution in [3.05, 3.63) is 76.6 Å². The SMILES string of the molecule is O=C(NCc1ccccn1)C1CSC(c2ccoc2)N1C(=O)c1cccs1. The Bertz CT molecular complexity index is 898. The molecule has 2 unspecified atom stereocenters. The third-order valence-corrected chi connectivity index (χ3v) is 6.45. The Hall–Kier alpha value is -2.58. The Morgan fingerprint density at radius 1 is 1.26 bits per heavy atom. The number of amides is 2. The number of pyridine rings is 1. The quantitative estimate of drug-likeness (QED) is 0.712. The summed E-state index contributed by atoms with van der Waals surface area (Å²) >= 11 is 2.94. The first-order valence-electron chi connectivity index (χ1n) is 8.41. The van der Waals surface area contributed by atoms with E-state index in [4.69, 9.17) is 4.42 Å². The predicted molar refractivity (Wildman–Crippen MR) is 104 cm³/mol. The van der Waals surface area contributed by atoms with Gasteiger partial charge in [-0.15, -0.1) is 23.1 Å². The van der Waals surface area contributed by atoms with Gasteiger partial charge in [-0.25, -0.2) is 0 Å². The molecule has 1 aliphatic rings. The highest BCUT2D eigenvalue weighted by molar-refractivity contribution is 7.99. The van der Waals surface area contributed by atoms with Gasteiger partial charge in [-0.2, -0.15) is 0 Å². The maximum Gasteiger partial charge on any atom is 0.265 e. The van der Waals surface area contributed by atoms with Crippen LogP contribution in [0.4, 0.5) is 0 Å². The predicted octanol–water partition coefficient (Wildman–Crippen LogP) is 3.31. The van der Waals surface area contributed by atoms with E-state index in [9.17, 15) is 9.59 Å². The fraction of sp³-hybridized carbons (Fsp3) is 0.211. The highest BCUT2D eigenvalue weighted by Crippen LogP contribution is 2.42. The van der Waals surface area contributed by atoms with Crippen molar-refractivity contribution >= 4 is 34.9 Å². The van der Waals surface area contributed by atoms with Gasteiger partial charge in [0.2, 0.25) is 5.91 Å². The van der Waals surface area contributed by atoms with Gasteiger partial charge in [0.1, 0.15) is 11.4 Å². The lowest BCUT2D eigenvalue weighted by molar-refractivity contribution is -0.125. The Morgan fingerprint density at radius 3 is 2.89 bits per heavy atom. The maximum absolute atomic E-state index is 13.1. The maximum atomic E-state index is 13.1. The van der Waals surface area contributed by atoms with E-state index in [1.54, 1.807) is 41.5 Å². The normalized spacial score (nSPS) is 19.2. The van der Waals surface area contributed by atoms with E-state index < -0.39 is 6.04 Å². The third kappa shape index (κ3) is 3.77. The van der Waals surface area contributed by atoms with Crippen LogP contribution < -0.4 is 5.32 Å². The van der Waals surface area contributed by atoms with Gasteiger partial charge >= 0.3 is 0 Å². The first-order chi connectivity index (χ1) is 13.2. The van der Waals surface area contributed by atoms with Crippen LogP contribution >= 0.6 is 23.1 Å². The number of hydrogen-bond acceptors (Lipinski definition) is 6. The standard InChI is InChI=1S/C19H17N3O3S2/c23-17(21-10-14-4-1-2-7-20-14)15-12-27-19(13-6-8-25-11-13)22(15)18(24)16-5-3-9-26-16/h1-9,11,15,19H,10,12H2,(H,21,23). The molecule has 4 heterocycles. The number of thioether (sulfide) groups is 1. The summed E-state index contributed by atoms with van der Waals surface area (Å²) in [6.07, 6.45) is 4.90. The minimum absolute atomic E-state index is 0.140. The van der Waals surface area contributed by atoms with Gasteiger partial charge < -0.3 is 14.6 Å². The molecule has 2 atom stereocenters. The van der Waals surface area contributed by atoms with E-state index in [0.717, 1.165) is 11.3 Å². The number of furan rings is 1. The van der Waals surface area contributed by atoms with Gasteiger partial charge in [-0.05, 0) is 29.6 Å². The largest absolute Gasteiger partial charge is 0.472 e. The summed E-state index contributed by atoms with van der Waals surface area (Å²) in [6.45, 7) is 0.332. The lowest BCUT2D eigenvalue weighted by Crippen LogP contribution is -2.47.